The summed E-state index contributed by atoms with van der Waals surface area (Å²) >= 11 is 2.53. The molecule has 250 valence electrons. The second-order valence-electron chi connectivity index (χ2n) is 9.30. The van der Waals surface area contributed by atoms with Gasteiger partial charge in [-0.15, -0.1) is 0 Å². The SMILES string of the molecule is CCN(C(=O)c1ccccc1C(F)(F)F)c1cccc(C(=O)Cc2c(Br)cc(C(F)(C(F)(F)F)C(F)(F)F)cc2OC(F)F)c1F. The number of carbonyl (C=O) groups excluding carboxylic acids is 2. The number of alkyl halides is 12. The maximum absolute atomic E-state index is 15.7. The van der Waals surface area contributed by atoms with E-state index in [4.69, 9.17) is 0 Å². The quantitative estimate of drug-likeness (QED) is 0.162. The van der Waals surface area contributed by atoms with Crippen LogP contribution in [0.5, 0.6) is 5.75 Å². The van der Waals surface area contributed by atoms with Crippen molar-refractivity contribution in [1.29, 1.82) is 0 Å². The Labute approximate surface area is 258 Å². The number of nitrogens with zero attached hydrogens (tertiary/aromatic N) is 1. The van der Waals surface area contributed by atoms with Gasteiger partial charge in [0.15, 0.2) is 11.6 Å². The molecule has 1 amide bonds. The molecule has 4 nitrogen and oxygen atoms in total. The van der Waals surface area contributed by atoms with Crippen LogP contribution < -0.4 is 9.64 Å². The van der Waals surface area contributed by atoms with Crippen molar-refractivity contribution in [3.63, 3.8) is 0 Å². The molecule has 18 heteroatoms. The molecule has 0 saturated carbocycles. The van der Waals surface area contributed by atoms with Gasteiger partial charge in [0.2, 0.25) is 0 Å². The number of hydrogen-bond donors (Lipinski definition) is 0. The average molecular weight is 742 g/mol. The zero-order chi connectivity index (χ0) is 35.0. The molecule has 0 aliphatic rings. The summed E-state index contributed by atoms with van der Waals surface area (Å²) in [6, 6.07) is 5.89. The molecule has 0 radical (unpaired) electrons. The van der Waals surface area contributed by atoms with Gasteiger partial charge in [-0.1, -0.05) is 34.1 Å². The van der Waals surface area contributed by atoms with Crippen LogP contribution in [0.3, 0.4) is 0 Å². The number of amides is 1. The third-order valence-electron chi connectivity index (χ3n) is 6.48. The van der Waals surface area contributed by atoms with E-state index in [1.54, 1.807) is 0 Å². The van der Waals surface area contributed by atoms with Crippen LogP contribution in [0.25, 0.3) is 0 Å². The fourth-order valence-electron chi connectivity index (χ4n) is 4.36. The Balaban J connectivity index is 2.10. The van der Waals surface area contributed by atoms with E-state index in [9.17, 15) is 62.3 Å². The first-order valence-electron chi connectivity index (χ1n) is 12.5. The summed E-state index contributed by atoms with van der Waals surface area (Å²) in [5, 5.41) is 0. The Hall–Kier alpha value is -3.83. The van der Waals surface area contributed by atoms with E-state index in [1.807, 2.05) is 0 Å². The molecule has 3 aromatic carbocycles. The molecule has 0 aliphatic heterocycles. The molecule has 0 fully saturated rings. The summed E-state index contributed by atoms with van der Waals surface area (Å²) in [5.74, 6) is -5.67. The van der Waals surface area contributed by atoms with Crippen molar-refractivity contribution in [1.82, 2.24) is 0 Å². The zero-order valence-corrected chi connectivity index (χ0v) is 24.2. The second kappa shape index (κ2) is 13.1. The Morgan fingerprint density at radius 2 is 1.41 bits per heavy atom. The maximum atomic E-state index is 15.7. The molecule has 0 N–H and O–H groups in total. The van der Waals surface area contributed by atoms with E-state index < -0.39 is 105 Å². The van der Waals surface area contributed by atoms with E-state index in [0.29, 0.717) is 11.0 Å². The smallest absolute Gasteiger partial charge is 0.434 e. The number of ether oxygens (including phenoxy) is 1. The van der Waals surface area contributed by atoms with E-state index in [1.165, 1.54) is 6.92 Å². The number of hydrogen-bond acceptors (Lipinski definition) is 3. The highest BCUT2D eigenvalue weighted by Crippen LogP contribution is 2.54. The summed E-state index contributed by atoms with van der Waals surface area (Å²) in [7, 11) is 0. The summed E-state index contributed by atoms with van der Waals surface area (Å²) in [6.07, 6.45) is -19.5. The minimum Gasteiger partial charge on any atom is -0.434 e. The van der Waals surface area contributed by atoms with Crippen LogP contribution in [0.1, 0.15) is 44.3 Å². The summed E-state index contributed by atoms with van der Waals surface area (Å²) in [4.78, 5) is 26.8. The molecule has 0 aliphatic carbocycles. The Bertz CT molecular complexity index is 1600. The van der Waals surface area contributed by atoms with Gasteiger partial charge >= 0.3 is 30.8 Å². The van der Waals surface area contributed by atoms with Crippen LogP contribution in [0.2, 0.25) is 0 Å². The van der Waals surface area contributed by atoms with Gasteiger partial charge in [-0.3, -0.25) is 9.59 Å². The van der Waals surface area contributed by atoms with Gasteiger partial charge in [0.1, 0.15) is 5.75 Å². The second-order valence-corrected chi connectivity index (χ2v) is 10.2. The standard InChI is InChI=1S/C28H17BrF13NO3/c1-2-43(23(45)14-6-3-4-8-17(14)26(34,35)36)19-9-5-7-15(22(19)30)20(44)12-16-18(29)10-13(11-21(16)46-24(31)32)25(33,27(37,38)39)28(40,41)42/h3-11,24H,2,12H2,1H3. The molecule has 0 unspecified atom stereocenters. The summed E-state index contributed by atoms with van der Waals surface area (Å²) < 4.78 is 180. The monoisotopic (exact) mass is 741 g/mol. The Kier molecular flexibility index (Phi) is 10.4. The summed E-state index contributed by atoms with van der Waals surface area (Å²) in [5.41, 5.74) is -13.0. The molecule has 3 aromatic rings. The lowest BCUT2D eigenvalue weighted by Gasteiger charge is -2.31. The Morgan fingerprint density at radius 1 is 0.848 bits per heavy atom. The van der Waals surface area contributed by atoms with Crippen molar-refractivity contribution in [3.05, 3.63) is 92.7 Å². The van der Waals surface area contributed by atoms with Gasteiger partial charge in [-0.2, -0.15) is 48.3 Å². The molecule has 0 bridgehead atoms. The first-order chi connectivity index (χ1) is 21.1. The van der Waals surface area contributed by atoms with Gasteiger partial charge in [-0.05, 0) is 43.3 Å². The molecule has 0 heterocycles. The minimum atomic E-state index is -6.63. The van der Waals surface area contributed by atoms with Crippen molar-refractivity contribution in [2.24, 2.45) is 0 Å². The van der Waals surface area contributed by atoms with Gasteiger partial charge < -0.3 is 9.64 Å². The average Bonchev–Trinajstić information content (AvgIpc) is 2.93. The lowest BCUT2D eigenvalue weighted by atomic mass is 9.91. The van der Waals surface area contributed by atoms with Crippen LogP contribution in [0.4, 0.5) is 62.8 Å². The number of halogens is 14. The topological polar surface area (TPSA) is 46.6 Å². The number of benzene rings is 3. The molecule has 46 heavy (non-hydrogen) atoms. The maximum Gasteiger partial charge on any atom is 0.435 e. The number of ketones is 1. The molecular formula is C28H17BrF13NO3. The zero-order valence-electron chi connectivity index (χ0n) is 22.7. The van der Waals surface area contributed by atoms with Gasteiger partial charge in [0.05, 0.1) is 22.4 Å². The highest BCUT2D eigenvalue weighted by molar-refractivity contribution is 9.10. The van der Waals surface area contributed by atoms with Gasteiger partial charge in [-0.25, -0.2) is 8.78 Å². The summed E-state index contributed by atoms with van der Waals surface area (Å²) in [6.45, 7) is -3.06. The van der Waals surface area contributed by atoms with Crippen molar-refractivity contribution in [2.75, 3.05) is 11.4 Å². The molecule has 0 aromatic heterocycles. The van der Waals surface area contributed by atoms with Crippen molar-refractivity contribution in [3.8, 4) is 5.75 Å². The molecule has 0 atom stereocenters. The molecular weight excluding hydrogens is 725 g/mol. The predicted molar refractivity (Wildman–Crippen MR) is 139 cm³/mol. The normalized spacial score (nSPS) is 12.8. The third kappa shape index (κ3) is 7.10. The van der Waals surface area contributed by atoms with Crippen LogP contribution in [-0.2, 0) is 18.3 Å². The van der Waals surface area contributed by atoms with Crippen LogP contribution in [0.15, 0.2) is 59.1 Å². The Morgan fingerprint density at radius 3 is 1.93 bits per heavy atom. The van der Waals surface area contributed by atoms with Gasteiger partial charge in [0.25, 0.3) is 5.91 Å². The van der Waals surface area contributed by atoms with E-state index >= 15 is 4.39 Å². The number of carbonyl (C=O) groups is 2. The van der Waals surface area contributed by atoms with Crippen molar-refractivity contribution in [2.45, 2.75) is 44.2 Å². The number of anilines is 1. The predicted octanol–water partition coefficient (Wildman–Crippen LogP) is 9.59. The fraction of sp³-hybridized carbons (Fsp3) is 0.286. The molecule has 3 rings (SSSR count). The van der Waals surface area contributed by atoms with Gasteiger partial charge in [0, 0.05) is 28.6 Å². The number of Topliss-reactive ketones (excluding diaryl/α,β-unsaturated/α-hetero) is 1. The minimum absolute atomic E-state index is 0.0652. The van der Waals surface area contributed by atoms with E-state index in [0.717, 1.165) is 36.4 Å². The van der Waals surface area contributed by atoms with E-state index in [-0.39, 0.29) is 12.1 Å². The van der Waals surface area contributed by atoms with Crippen molar-refractivity contribution >= 4 is 33.3 Å². The van der Waals surface area contributed by atoms with Crippen LogP contribution in [-0.4, -0.2) is 37.2 Å². The van der Waals surface area contributed by atoms with Crippen LogP contribution in [0, 0.1) is 5.82 Å². The first kappa shape index (κ1) is 36.6. The molecule has 0 spiro atoms. The van der Waals surface area contributed by atoms with E-state index in [2.05, 4.69) is 20.7 Å². The van der Waals surface area contributed by atoms with Crippen LogP contribution >= 0.6 is 15.9 Å². The van der Waals surface area contributed by atoms with Crippen molar-refractivity contribution < 1.29 is 71.4 Å². The largest absolute Gasteiger partial charge is 0.435 e. The third-order valence-corrected chi connectivity index (χ3v) is 7.19. The highest BCUT2D eigenvalue weighted by atomic mass is 79.9. The first-order valence-corrected chi connectivity index (χ1v) is 13.2. The fourth-order valence-corrected chi connectivity index (χ4v) is 4.94. The molecule has 0 saturated heterocycles. The lowest BCUT2D eigenvalue weighted by Crippen LogP contribution is -2.50. The number of rotatable bonds is 9. The highest BCUT2D eigenvalue weighted by Gasteiger charge is 2.73. The lowest BCUT2D eigenvalue weighted by molar-refractivity contribution is -0.348.